The van der Waals surface area contributed by atoms with E-state index in [2.05, 4.69) is 11.6 Å². The van der Waals surface area contributed by atoms with Crippen molar-refractivity contribution >= 4 is 17.7 Å². The monoisotopic (exact) mass is 284 g/mol. The molecule has 0 aromatic heterocycles. The maximum absolute atomic E-state index is 12.3. The van der Waals surface area contributed by atoms with Crippen LogP contribution in [0.3, 0.4) is 0 Å². The Balaban J connectivity index is 1.75. The fourth-order valence-electron chi connectivity index (χ4n) is 3.53. The van der Waals surface area contributed by atoms with Crippen LogP contribution in [0.4, 0.5) is 0 Å². The molecule has 3 nitrogen and oxygen atoms in total. The highest BCUT2D eigenvalue weighted by Crippen LogP contribution is 2.39. The minimum atomic E-state index is 0.239. The van der Waals surface area contributed by atoms with Gasteiger partial charge in [0.1, 0.15) is 0 Å². The molecule has 0 aliphatic heterocycles. The summed E-state index contributed by atoms with van der Waals surface area (Å²) in [6, 6.07) is 0. The van der Waals surface area contributed by atoms with Crippen molar-refractivity contribution < 1.29 is 4.79 Å². The Morgan fingerprint density at radius 3 is 2.42 bits per heavy atom. The van der Waals surface area contributed by atoms with Gasteiger partial charge >= 0.3 is 0 Å². The van der Waals surface area contributed by atoms with Gasteiger partial charge < -0.3 is 11.1 Å². The lowest BCUT2D eigenvalue weighted by atomic mass is 9.81. The zero-order chi connectivity index (χ0) is 13.7. The molecule has 4 heteroatoms. The molecule has 3 N–H and O–H groups in total. The van der Waals surface area contributed by atoms with Gasteiger partial charge in [0, 0.05) is 17.2 Å². The van der Waals surface area contributed by atoms with Crippen LogP contribution in [-0.4, -0.2) is 30.0 Å². The molecule has 2 rings (SSSR count). The zero-order valence-electron chi connectivity index (χ0n) is 12.1. The second kappa shape index (κ2) is 6.98. The average Bonchev–Trinajstić information content (AvgIpc) is 2.94. The van der Waals surface area contributed by atoms with Crippen molar-refractivity contribution in [1.29, 1.82) is 0 Å². The number of carbonyl (C=O) groups is 1. The molecule has 0 aromatic rings. The van der Waals surface area contributed by atoms with Crippen LogP contribution < -0.4 is 11.1 Å². The molecule has 2 aliphatic rings. The van der Waals surface area contributed by atoms with E-state index in [9.17, 15) is 4.79 Å². The molecule has 0 atom stereocenters. The van der Waals surface area contributed by atoms with E-state index in [4.69, 9.17) is 5.73 Å². The summed E-state index contributed by atoms with van der Waals surface area (Å²) in [6.45, 7) is 1.65. The fourth-order valence-corrected chi connectivity index (χ4v) is 4.44. The molecule has 0 spiro atoms. The van der Waals surface area contributed by atoms with E-state index in [0.717, 1.165) is 38.8 Å². The molecule has 0 radical (unpaired) electrons. The molecule has 0 heterocycles. The van der Waals surface area contributed by atoms with Crippen LogP contribution in [0.1, 0.15) is 51.4 Å². The second-order valence-corrected chi connectivity index (χ2v) is 7.54. The second-order valence-electron chi connectivity index (χ2n) is 6.27. The molecule has 2 saturated carbocycles. The maximum Gasteiger partial charge on any atom is 0.223 e. The summed E-state index contributed by atoms with van der Waals surface area (Å²) in [4.78, 5) is 12.3. The largest absolute Gasteiger partial charge is 0.354 e. The van der Waals surface area contributed by atoms with Gasteiger partial charge in [0.15, 0.2) is 0 Å². The summed E-state index contributed by atoms with van der Waals surface area (Å²) in [7, 11) is 0. The Labute approximate surface area is 121 Å². The SMILES string of the molecule is CSC1(CNC(=O)C2CCC(CN)CC2)CCCC1. The van der Waals surface area contributed by atoms with Gasteiger partial charge in [-0.2, -0.15) is 11.8 Å². The lowest BCUT2D eigenvalue weighted by Crippen LogP contribution is -2.42. The van der Waals surface area contributed by atoms with E-state index >= 15 is 0 Å². The Bertz CT molecular complexity index is 295. The van der Waals surface area contributed by atoms with Crippen molar-refractivity contribution in [3.05, 3.63) is 0 Å². The molecule has 19 heavy (non-hydrogen) atoms. The normalized spacial score (nSPS) is 30.2. The van der Waals surface area contributed by atoms with Crippen LogP contribution in [-0.2, 0) is 4.79 Å². The number of nitrogens with one attached hydrogen (secondary N) is 1. The van der Waals surface area contributed by atoms with Gasteiger partial charge in [-0.3, -0.25) is 4.79 Å². The van der Waals surface area contributed by atoms with Crippen molar-refractivity contribution in [3.8, 4) is 0 Å². The lowest BCUT2D eigenvalue weighted by Gasteiger charge is -2.30. The van der Waals surface area contributed by atoms with Gasteiger partial charge in [-0.05, 0) is 57.2 Å². The summed E-state index contributed by atoms with van der Waals surface area (Å²) in [6.07, 6.45) is 11.6. The standard InChI is InChI=1S/C15H28N2OS/c1-19-15(8-2-3-9-15)11-17-14(18)13-6-4-12(10-16)5-7-13/h12-13H,2-11,16H2,1H3,(H,17,18). The van der Waals surface area contributed by atoms with Crippen molar-refractivity contribution in [2.24, 2.45) is 17.6 Å². The number of nitrogens with two attached hydrogens (primary N) is 1. The molecule has 0 bridgehead atoms. The van der Waals surface area contributed by atoms with E-state index < -0.39 is 0 Å². The average molecular weight is 284 g/mol. The van der Waals surface area contributed by atoms with E-state index in [0.29, 0.717) is 10.7 Å². The fraction of sp³-hybridized carbons (Fsp3) is 0.933. The molecular weight excluding hydrogens is 256 g/mol. The lowest BCUT2D eigenvalue weighted by molar-refractivity contribution is -0.126. The molecule has 1 amide bonds. The Morgan fingerprint density at radius 2 is 1.89 bits per heavy atom. The van der Waals surface area contributed by atoms with E-state index in [1.54, 1.807) is 0 Å². The summed E-state index contributed by atoms with van der Waals surface area (Å²) < 4.78 is 0.324. The highest BCUT2D eigenvalue weighted by Gasteiger charge is 2.34. The van der Waals surface area contributed by atoms with Crippen LogP contribution in [0.2, 0.25) is 0 Å². The van der Waals surface area contributed by atoms with Gasteiger partial charge in [0.25, 0.3) is 0 Å². The smallest absolute Gasteiger partial charge is 0.223 e. The van der Waals surface area contributed by atoms with Crippen LogP contribution in [0.5, 0.6) is 0 Å². The highest BCUT2D eigenvalue weighted by molar-refractivity contribution is 8.00. The molecule has 2 fully saturated rings. The Kier molecular flexibility index (Phi) is 5.58. The number of carbonyl (C=O) groups excluding carboxylic acids is 1. The molecule has 2 aliphatic carbocycles. The van der Waals surface area contributed by atoms with Gasteiger partial charge in [0.2, 0.25) is 5.91 Å². The Morgan fingerprint density at radius 1 is 1.26 bits per heavy atom. The third-order valence-corrected chi connectivity index (χ3v) is 6.50. The molecule has 110 valence electrons. The summed E-state index contributed by atoms with van der Waals surface area (Å²) in [5, 5.41) is 3.23. The van der Waals surface area contributed by atoms with Crippen LogP contribution >= 0.6 is 11.8 Å². The van der Waals surface area contributed by atoms with Crippen LogP contribution in [0.15, 0.2) is 0 Å². The molecule has 0 saturated heterocycles. The van der Waals surface area contributed by atoms with E-state index in [1.165, 1.54) is 25.7 Å². The predicted molar refractivity (Wildman–Crippen MR) is 82.2 cm³/mol. The maximum atomic E-state index is 12.3. The minimum absolute atomic E-state index is 0.239. The molecule has 0 unspecified atom stereocenters. The van der Waals surface area contributed by atoms with Crippen LogP contribution in [0.25, 0.3) is 0 Å². The predicted octanol–water partition coefficient (Wildman–Crippen LogP) is 2.54. The first-order chi connectivity index (χ1) is 9.19. The number of thioether (sulfide) groups is 1. The minimum Gasteiger partial charge on any atom is -0.354 e. The van der Waals surface area contributed by atoms with Crippen molar-refractivity contribution in [1.82, 2.24) is 5.32 Å². The van der Waals surface area contributed by atoms with Gasteiger partial charge in [-0.15, -0.1) is 0 Å². The number of hydrogen-bond acceptors (Lipinski definition) is 3. The molecule has 0 aromatic carbocycles. The van der Waals surface area contributed by atoms with Crippen molar-refractivity contribution in [3.63, 3.8) is 0 Å². The van der Waals surface area contributed by atoms with E-state index in [-0.39, 0.29) is 11.8 Å². The third-order valence-electron chi connectivity index (χ3n) is 5.08. The molecular formula is C15H28N2OS. The van der Waals surface area contributed by atoms with Gasteiger partial charge in [0.05, 0.1) is 0 Å². The first-order valence-electron chi connectivity index (χ1n) is 7.72. The van der Waals surface area contributed by atoms with Crippen LogP contribution in [0, 0.1) is 11.8 Å². The topological polar surface area (TPSA) is 55.1 Å². The highest BCUT2D eigenvalue weighted by atomic mass is 32.2. The Hall–Kier alpha value is -0.220. The zero-order valence-corrected chi connectivity index (χ0v) is 12.9. The van der Waals surface area contributed by atoms with Crippen molar-refractivity contribution in [2.45, 2.75) is 56.1 Å². The quantitative estimate of drug-likeness (QED) is 0.816. The number of rotatable bonds is 5. The van der Waals surface area contributed by atoms with Gasteiger partial charge in [-0.25, -0.2) is 0 Å². The van der Waals surface area contributed by atoms with Crippen molar-refractivity contribution in [2.75, 3.05) is 19.3 Å². The first-order valence-corrected chi connectivity index (χ1v) is 8.94. The van der Waals surface area contributed by atoms with E-state index in [1.807, 2.05) is 11.8 Å². The first kappa shape index (κ1) is 15.2. The third kappa shape index (κ3) is 3.88. The summed E-state index contributed by atoms with van der Waals surface area (Å²) in [5.74, 6) is 1.18. The summed E-state index contributed by atoms with van der Waals surface area (Å²) in [5.41, 5.74) is 5.70. The van der Waals surface area contributed by atoms with Gasteiger partial charge in [-0.1, -0.05) is 12.8 Å². The number of amides is 1. The number of hydrogen-bond donors (Lipinski definition) is 2. The summed E-state index contributed by atoms with van der Waals surface area (Å²) >= 11 is 1.94.